The molecule has 2 aromatic heterocycles. The van der Waals surface area contributed by atoms with Crippen molar-refractivity contribution in [2.75, 3.05) is 0 Å². The molecule has 0 aromatic carbocycles. The van der Waals surface area contributed by atoms with E-state index in [4.69, 9.17) is 0 Å². The van der Waals surface area contributed by atoms with Crippen molar-refractivity contribution in [1.29, 1.82) is 0 Å². The Labute approximate surface area is 139 Å². The lowest BCUT2D eigenvalue weighted by Gasteiger charge is -2.32. The van der Waals surface area contributed by atoms with Gasteiger partial charge in [-0.2, -0.15) is 0 Å². The second-order valence-corrected chi connectivity index (χ2v) is 6.42. The topological polar surface area (TPSA) is 25.8 Å². The Morgan fingerprint density at radius 1 is 0.957 bits per heavy atom. The first kappa shape index (κ1) is 15.7. The molecule has 0 atom stereocenters. The highest BCUT2D eigenvalue weighted by Gasteiger charge is 2.25. The maximum absolute atomic E-state index is 4.23. The van der Waals surface area contributed by atoms with Gasteiger partial charge in [0.25, 0.3) is 0 Å². The summed E-state index contributed by atoms with van der Waals surface area (Å²) in [5.41, 5.74) is 5.44. The van der Waals surface area contributed by atoms with Crippen LogP contribution in [0.4, 0.5) is 0 Å². The molecule has 2 nitrogen and oxygen atoms in total. The van der Waals surface area contributed by atoms with E-state index >= 15 is 0 Å². The first-order valence-corrected chi connectivity index (χ1v) is 8.47. The van der Waals surface area contributed by atoms with Gasteiger partial charge < -0.3 is 0 Å². The van der Waals surface area contributed by atoms with E-state index in [1.165, 1.54) is 41.5 Å². The zero-order valence-corrected chi connectivity index (χ0v) is 13.9. The van der Waals surface area contributed by atoms with Crippen molar-refractivity contribution in [1.82, 2.24) is 9.97 Å². The fourth-order valence-corrected chi connectivity index (χ4v) is 3.34. The molecule has 0 unspecified atom stereocenters. The average Bonchev–Trinajstić information content (AvgIpc) is 2.60. The van der Waals surface area contributed by atoms with Crippen molar-refractivity contribution >= 4 is 12.2 Å². The monoisotopic (exact) mass is 304 g/mol. The van der Waals surface area contributed by atoms with Crippen LogP contribution in [0.15, 0.2) is 60.2 Å². The predicted molar refractivity (Wildman–Crippen MR) is 96.6 cm³/mol. The summed E-state index contributed by atoms with van der Waals surface area (Å²) in [6.07, 6.45) is 15.8. The van der Waals surface area contributed by atoms with Crippen LogP contribution in [0, 0.1) is 11.8 Å². The zero-order chi connectivity index (χ0) is 16.1. The van der Waals surface area contributed by atoms with E-state index in [1.54, 1.807) is 0 Å². The molecule has 0 aliphatic heterocycles. The van der Waals surface area contributed by atoms with Crippen molar-refractivity contribution in [2.24, 2.45) is 11.8 Å². The van der Waals surface area contributed by atoms with Crippen LogP contribution in [-0.4, -0.2) is 9.97 Å². The van der Waals surface area contributed by atoms with Gasteiger partial charge in [-0.25, -0.2) is 0 Å². The van der Waals surface area contributed by atoms with E-state index in [0.717, 1.165) is 5.92 Å². The lowest BCUT2D eigenvalue weighted by molar-refractivity contribution is 0.432. The molecular weight excluding hydrogens is 280 g/mol. The summed E-state index contributed by atoms with van der Waals surface area (Å²) < 4.78 is 0. The summed E-state index contributed by atoms with van der Waals surface area (Å²) in [4.78, 5) is 8.47. The Balaban J connectivity index is 1.92. The number of hydrogen-bond donors (Lipinski definition) is 0. The maximum atomic E-state index is 4.23. The summed E-state index contributed by atoms with van der Waals surface area (Å²) in [5.74, 6) is 1.22. The molecule has 0 spiro atoms. The molecule has 1 aliphatic rings. The third-order valence-electron chi connectivity index (χ3n) is 4.81. The molecule has 0 N–H and O–H groups in total. The number of pyridine rings is 2. The number of aromatic nitrogens is 2. The molecule has 2 aromatic rings. The van der Waals surface area contributed by atoms with Gasteiger partial charge in [-0.1, -0.05) is 55.7 Å². The number of nitrogens with zero attached hydrogens (tertiary/aromatic N) is 2. The molecule has 0 saturated heterocycles. The van der Waals surface area contributed by atoms with Crippen molar-refractivity contribution < 1.29 is 0 Å². The normalized spacial score (nSPS) is 25.0. The highest BCUT2D eigenvalue weighted by atomic mass is 14.6. The third-order valence-corrected chi connectivity index (χ3v) is 4.81. The van der Waals surface area contributed by atoms with Crippen LogP contribution in [0.1, 0.15) is 44.2 Å². The number of rotatable bonds is 3. The smallest absolute Gasteiger partial charge is 0.0340 e. The molecule has 0 bridgehead atoms. The Hall–Kier alpha value is -2.22. The SMILES string of the molecule is CCC1C/C(=C\c2cccnc2)C(C)/C(=C/c2cccnc2)C1. The quantitative estimate of drug-likeness (QED) is 0.758. The minimum Gasteiger partial charge on any atom is -0.264 e. The van der Waals surface area contributed by atoms with E-state index in [1.807, 2.05) is 36.9 Å². The summed E-state index contributed by atoms with van der Waals surface area (Å²) in [7, 11) is 0. The van der Waals surface area contributed by atoms with E-state index < -0.39 is 0 Å². The summed E-state index contributed by atoms with van der Waals surface area (Å²) in [6.45, 7) is 4.63. The highest BCUT2D eigenvalue weighted by molar-refractivity contribution is 5.59. The Bertz CT molecular complexity index is 627. The molecule has 0 radical (unpaired) electrons. The summed E-state index contributed by atoms with van der Waals surface area (Å²) in [6, 6.07) is 8.27. The molecule has 1 saturated carbocycles. The lowest BCUT2D eigenvalue weighted by Crippen LogP contribution is -2.17. The van der Waals surface area contributed by atoms with Crippen LogP contribution >= 0.6 is 0 Å². The number of allylic oxidation sites excluding steroid dienone is 2. The second kappa shape index (κ2) is 7.36. The predicted octanol–water partition coefficient (Wildman–Crippen LogP) is 5.40. The Morgan fingerprint density at radius 2 is 1.48 bits per heavy atom. The minimum absolute atomic E-state index is 0.484. The van der Waals surface area contributed by atoms with Crippen molar-refractivity contribution in [3.63, 3.8) is 0 Å². The van der Waals surface area contributed by atoms with Crippen LogP contribution < -0.4 is 0 Å². The van der Waals surface area contributed by atoms with Gasteiger partial charge >= 0.3 is 0 Å². The van der Waals surface area contributed by atoms with Crippen LogP contribution in [-0.2, 0) is 0 Å². The summed E-state index contributed by atoms with van der Waals surface area (Å²) in [5, 5.41) is 0. The van der Waals surface area contributed by atoms with Gasteiger partial charge in [0.2, 0.25) is 0 Å². The molecule has 23 heavy (non-hydrogen) atoms. The molecule has 0 amide bonds. The fraction of sp³-hybridized carbons (Fsp3) is 0.333. The Kier molecular flexibility index (Phi) is 5.02. The van der Waals surface area contributed by atoms with Gasteiger partial charge in [0.05, 0.1) is 0 Å². The maximum Gasteiger partial charge on any atom is 0.0340 e. The first-order chi connectivity index (χ1) is 11.3. The van der Waals surface area contributed by atoms with Gasteiger partial charge in [0.1, 0.15) is 0 Å². The molecule has 3 rings (SSSR count). The molecular formula is C21H24N2. The van der Waals surface area contributed by atoms with E-state index in [9.17, 15) is 0 Å². The number of hydrogen-bond acceptors (Lipinski definition) is 2. The minimum atomic E-state index is 0.484. The average molecular weight is 304 g/mol. The second-order valence-electron chi connectivity index (χ2n) is 6.42. The lowest BCUT2D eigenvalue weighted by atomic mass is 9.73. The van der Waals surface area contributed by atoms with Crippen molar-refractivity contribution in [2.45, 2.75) is 33.1 Å². The van der Waals surface area contributed by atoms with Crippen LogP contribution in [0.25, 0.3) is 12.2 Å². The van der Waals surface area contributed by atoms with Gasteiger partial charge in [-0.15, -0.1) is 0 Å². The van der Waals surface area contributed by atoms with Crippen molar-refractivity contribution in [3.8, 4) is 0 Å². The highest BCUT2D eigenvalue weighted by Crippen LogP contribution is 2.40. The van der Waals surface area contributed by atoms with Crippen LogP contribution in [0.5, 0.6) is 0 Å². The van der Waals surface area contributed by atoms with Gasteiger partial charge in [-0.05, 0) is 47.9 Å². The van der Waals surface area contributed by atoms with Crippen LogP contribution in [0.2, 0.25) is 0 Å². The molecule has 1 aliphatic carbocycles. The summed E-state index contributed by atoms with van der Waals surface area (Å²) >= 11 is 0. The molecule has 1 fully saturated rings. The molecule has 118 valence electrons. The third kappa shape index (κ3) is 3.95. The van der Waals surface area contributed by atoms with Crippen molar-refractivity contribution in [3.05, 3.63) is 71.3 Å². The van der Waals surface area contributed by atoms with E-state index in [0.29, 0.717) is 5.92 Å². The molecule has 2 heterocycles. The molecule has 2 heteroatoms. The standard InChI is InChI=1S/C21H24N2/c1-3-17-10-20(12-18-6-4-8-22-14-18)16(2)21(11-17)13-19-7-5-9-23-15-19/h4-9,12-17H,3,10-11H2,1-2H3/b20-12+,21-13+. The van der Waals surface area contributed by atoms with Gasteiger partial charge in [0.15, 0.2) is 0 Å². The largest absolute Gasteiger partial charge is 0.264 e. The van der Waals surface area contributed by atoms with Gasteiger partial charge in [0, 0.05) is 24.8 Å². The van der Waals surface area contributed by atoms with Gasteiger partial charge in [-0.3, -0.25) is 9.97 Å². The van der Waals surface area contributed by atoms with E-state index in [-0.39, 0.29) is 0 Å². The zero-order valence-electron chi connectivity index (χ0n) is 13.9. The van der Waals surface area contributed by atoms with Crippen LogP contribution in [0.3, 0.4) is 0 Å². The first-order valence-electron chi connectivity index (χ1n) is 8.47. The fourth-order valence-electron chi connectivity index (χ4n) is 3.34. The Morgan fingerprint density at radius 3 is 1.87 bits per heavy atom. The van der Waals surface area contributed by atoms with E-state index in [2.05, 4.69) is 48.1 Å².